The van der Waals surface area contributed by atoms with Gasteiger partial charge in [0.2, 0.25) is 5.91 Å². The summed E-state index contributed by atoms with van der Waals surface area (Å²) in [6.45, 7) is 7.94. The molecule has 3 heterocycles. The lowest BCUT2D eigenvalue weighted by Gasteiger charge is -2.54. The van der Waals surface area contributed by atoms with E-state index >= 15 is 0 Å². The van der Waals surface area contributed by atoms with Crippen LogP contribution < -0.4 is 0 Å². The maximum Gasteiger partial charge on any atom is 0.219 e. The van der Waals surface area contributed by atoms with E-state index < -0.39 is 5.60 Å². The fourth-order valence-corrected chi connectivity index (χ4v) is 5.02. The van der Waals surface area contributed by atoms with Crippen molar-refractivity contribution in [2.45, 2.75) is 76.0 Å². The van der Waals surface area contributed by atoms with Gasteiger partial charge in [-0.05, 0) is 39.2 Å². The second-order valence-electron chi connectivity index (χ2n) is 7.95. The van der Waals surface area contributed by atoms with Crippen molar-refractivity contribution in [3.8, 4) is 0 Å². The Morgan fingerprint density at radius 3 is 2.61 bits per heavy atom. The normalized spacial score (nSPS) is 35.4. The number of hydrogen-bond acceptors (Lipinski definition) is 4. The van der Waals surface area contributed by atoms with Gasteiger partial charge in [0.25, 0.3) is 0 Å². The fraction of sp³-hybridized carbons (Fsp3) is 0.944. The molecule has 0 radical (unpaired) electrons. The number of carbonyl (C=O) groups excluding carboxylic acids is 1. The molecule has 5 nitrogen and oxygen atoms in total. The van der Waals surface area contributed by atoms with Crippen molar-refractivity contribution in [2.75, 3.05) is 32.8 Å². The SMILES string of the molecule is CC(=O)N1CCCC[C@@H]2N(CC3(O)CCOCC3)CCC[C@@]21C. The number of nitrogens with zero attached hydrogens (tertiary/aromatic N) is 2. The summed E-state index contributed by atoms with van der Waals surface area (Å²) in [5.74, 6) is 0.200. The van der Waals surface area contributed by atoms with Gasteiger partial charge in [-0.2, -0.15) is 0 Å². The number of ether oxygens (including phenoxy) is 1. The van der Waals surface area contributed by atoms with E-state index in [2.05, 4.69) is 16.7 Å². The molecule has 2 atom stereocenters. The summed E-state index contributed by atoms with van der Waals surface area (Å²) in [6, 6.07) is 0.370. The van der Waals surface area contributed by atoms with Gasteiger partial charge in [0.05, 0.1) is 11.1 Å². The van der Waals surface area contributed by atoms with Crippen molar-refractivity contribution in [1.29, 1.82) is 0 Å². The van der Waals surface area contributed by atoms with Crippen LogP contribution in [0.5, 0.6) is 0 Å². The summed E-state index contributed by atoms with van der Waals surface area (Å²) in [5, 5.41) is 10.9. The van der Waals surface area contributed by atoms with E-state index in [-0.39, 0.29) is 11.4 Å². The highest BCUT2D eigenvalue weighted by Crippen LogP contribution is 2.39. The average Bonchev–Trinajstić information content (AvgIpc) is 2.67. The molecule has 23 heavy (non-hydrogen) atoms. The molecule has 3 rings (SSSR count). The Kier molecular flexibility index (Phi) is 5.00. The number of β-amino-alcohol motifs (C(OH)–C–C–N with tert-alkyl or cyclic N) is 1. The lowest BCUT2D eigenvalue weighted by molar-refractivity contribution is -0.142. The predicted octanol–water partition coefficient (Wildman–Crippen LogP) is 1.78. The Hall–Kier alpha value is -0.650. The molecule has 1 amide bonds. The molecule has 0 spiro atoms. The lowest BCUT2D eigenvalue weighted by Crippen LogP contribution is -2.65. The Labute approximate surface area is 140 Å². The second-order valence-corrected chi connectivity index (χ2v) is 7.95. The highest BCUT2D eigenvalue weighted by atomic mass is 16.5. The minimum atomic E-state index is -0.621. The number of carbonyl (C=O) groups is 1. The summed E-state index contributed by atoms with van der Waals surface area (Å²) in [6.07, 6.45) is 7.03. The zero-order chi connectivity index (χ0) is 16.5. The van der Waals surface area contributed by atoms with Crippen LogP contribution in [0.25, 0.3) is 0 Å². The van der Waals surface area contributed by atoms with E-state index in [9.17, 15) is 9.90 Å². The maximum absolute atomic E-state index is 12.2. The van der Waals surface area contributed by atoms with Gasteiger partial charge in [0.1, 0.15) is 0 Å². The molecule has 0 aromatic heterocycles. The van der Waals surface area contributed by atoms with Gasteiger partial charge < -0.3 is 14.7 Å². The highest BCUT2D eigenvalue weighted by molar-refractivity contribution is 5.74. The van der Waals surface area contributed by atoms with Gasteiger partial charge in [0.15, 0.2) is 0 Å². The van der Waals surface area contributed by atoms with Crippen LogP contribution in [0.2, 0.25) is 0 Å². The van der Waals surface area contributed by atoms with Crippen molar-refractivity contribution in [1.82, 2.24) is 9.80 Å². The van der Waals surface area contributed by atoms with Crippen LogP contribution in [-0.2, 0) is 9.53 Å². The largest absolute Gasteiger partial charge is 0.388 e. The molecule has 3 aliphatic heterocycles. The molecule has 0 aromatic carbocycles. The van der Waals surface area contributed by atoms with Crippen LogP contribution >= 0.6 is 0 Å². The van der Waals surface area contributed by atoms with Gasteiger partial charge in [-0.15, -0.1) is 0 Å². The molecule has 0 aromatic rings. The van der Waals surface area contributed by atoms with E-state index in [1.165, 1.54) is 6.42 Å². The first kappa shape index (κ1) is 17.2. The quantitative estimate of drug-likeness (QED) is 0.841. The number of rotatable bonds is 2. The molecule has 1 N–H and O–H groups in total. The van der Waals surface area contributed by atoms with Crippen LogP contribution in [-0.4, -0.2) is 70.8 Å². The van der Waals surface area contributed by atoms with Crippen LogP contribution in [0, 0.1) is 0 Å². The standard InChI is InChI=1S/C18H32N2O3/c1-15(21)20-11-4-3-6-16-17(20,2)7-5-10-19(16)14-18(22)8-12-23-13-9-18/h16,22H,3-14H2,1-2H3/t16-,17-/m0/s1. The Morgan fingerprint density at radius 1 is 1.17 bits per heavy atom. The van der Waals surface area contributed by atoms with Crippen molar-refractivity contribution < 1.29 is 14.6 Å². The molecular formula is C18H32N2O3. The van der Waals surface area contributed by atoms with E-state index in [1.807, 2.05) is 0 Å². The Morgan fingerprint density at radius 2 is 1.91 bits per heavy atom. The lowest BCUT2D eigenvalue weighted by atomic mass is 9.78. The number of aliphatic hydroxyl groups is 1. The van der Waals surface area contributed by atoms with Gasteiger partial charge in [0, 0.05) is 52.1 Å². The molecule has 5 heteroatoms. The molecule has 3 aliphatic rings. The van der Waals surface area contributed by atoms with Crippen LogP contribution in [0.15, 0.2) is 0 Å². The van der Waals surface area contributed by atoms with Crippen molar-refractivity contribution in [2.24, 2.45) is 0 Å². The zero-order valence-electron chi connectivity index (χ0n) is 14.7. The van der Waals surface area contributed by atoms with Crippen LogP contribution in [0.1, 0.15) is 58.8 Å². The molecule has 0 aliphatic carbocycles. The number of amides is 1. The smallest absolute Gasteiger partial charge is 0.219 e. The van der Waals surface area contributed by atoms with Gasteiger partial charge in [-0.1, -0.05) is 6.42 Å². The highest BCUT2D eigenvalue weighted by Gasteiger charge is 2.48. The summed E-state index contributed by atoms with van der Waals surface area (Å²) in [5.41, 5.74) is -0.702. The van der Waals surface area contributed by atoms with Crippen molar-refractivity contribution in [3.05, 3.63) is 0 Å². The Bertz CT molecular complexity index is 436. The molecule has 0 saturated carbocycles. The molecule has 3 saturated heterocycles. The zero-order valence-corrected chi connectivity index (χ0v) is 14.7. The van der Waals surface area contributed by atoms with Crippen LogP contribution in [0.4, 0.5) is 0 Å². The first-order valence-corrected chi connectivity index (χ1v) is 9.27. The van der Waals surface area contributed by atoms with Gasteiger partial charge in [-0.3, -0.25) is 9.69 Å². The van der Waals surface area contributed by atoms with Crippen molar-refractivity contribution in [3.63, 3.8) is 0 Å². The van der Waals surface area contributed by atoms with Crippen molar-refractivity contribution >= 4 is 5.91 Å². The van der Waals surface area contributed by atoms with E-state index in [0.29, 0.717) is 19.3 Å². The van der Waals surface area contributed by atoms with Crippen LogP contribution in [0.3, 0.4) is 0 Å². The number of hydrogen-bond donors (Lipinski definition) is 1. The average molecular weight is 324 g/mol. The summed E-state index contributed by atoms with van der Waals surface area (Å²) >= 11 is 0. The third kappa shape index (κ3) is 3.42. The first-order chi connectivity index (χ1) is 10.9. The van der Waals surface area contributed by atoms with E-state index in [0.717, 1.165) is 58.2 Å². The summed E-state index contributed by atoms with van der Waals surface area (Å²) in [7, 11) is 0. The fourth-order valence-electron chi connectivity index (χ4n) is 5.02. The van der Waals surface area contributed by atoms with Gasteiger partial charge >= 0.3 is 0 Å². The Balaban J connectivity index is 1.80. The maximum atomic E-state index is 12.2. The molecule has 0 bridgehead atoms. The number of likely N-dealkylation sites (tertiary alicyclic amines) is 2. The molecule has 132 valence electrons. The molecule has 3 fully saturated rings. The van der Waals surface area contributed by atoms with E-state index in [1.54, 1.807) is 6.92 Å². The molecule has 0 unspecified atom stereocenters. The van der Waals surface area contributed by atoms with Gasteiger partial charge in [-0.25, -0.2) is 0 Å². The third-order valence-electron chi connectivity index (χ3n) is 6.31. The van der Waals surface area contributed by atoms with E-state index in [4.69, 9.17) is 4.74 Å². The minimum Gasteiger partial charge on any atom is -0.388 e. The summed E-state index contributed by atoms with van der Waals surface area (Å²) < 4.78 is 5.42. The topological polar surface area (TPSA) is 53.0 Å². The predicted molar refractivity (Wildman–Crippen MR) is 89.2 cm³/mol. The second kappa shape index (κ2) is 6.69. The monoisotopic (exact) mass is 324 g/mol. The number of fused-ring (bicyclic) bond motifs is 1. The first-order valence-electron chi connectivity index (χ1n) is 9.27. The third-order valence-corrected chi connectivity index (χ3v) is 6.31. The number of piperidine rings is 1. The summed E-state index contributed by atoms with van der Waals surface area (Å²) in [4.78, 5) is 16.8. The minimum absolute atomic E-state index is 0.0812. The molecular weight excluding hydrogens is 292 g/mol.